The highest BCUT2D eigenvalue weighted by molar-refractivity contribution is 5.68. The van der Waals surface area contributed by atoms with E-state index in [4.69, 9.17) is 15.6 Å². The number of ether oxygens (including phenoxy) is 1. The largest absolute Gasteiger partial charge is 0.444 e. The Morgan fingerprint density at radius 2 is 2.06 bits per heavy atom. The minimum atomic E-state index is -0.483. The maximum absolute atomic E-state index is 11.7. The summed E-state index contributed by atoms with van der Waals surface area (Å²) in [6.45, 7) is 8.40. The average molecular weight is 232 g/mol. The maximum Gasteiger partial charge on any atom is 0.410 e. The van der Waals surface area contributed by atoms with Gasteiger partial charge in [-0.25, -0.2) is 4.79 Å². The minimum absolute atomic E-state index is 0.0636. The first-order valence-electron chi connectivity index (χ1n) is 5.64. The molecule has 0 rings (SSSR count). The predicted molar refractivity (Wildman–Crippen MR) is 63.2 cm³/mol. The van der Waals surface area contributed by atoms with Gasteiger partial charge in [-0.2, -0.15) is 0 Å². The molecule has 3 N–H and O–H groups in total. The van der Waals surface area contributed by atoms with Crippen LogP contribution in [0.1, 0.15) is 34.1 Å². The van der Waals surface area contributed by atoms with E-state index < -0.39 is 5.60 Å². The number of amides is 1. The zero-order valence-corrected chi connectivity index (χ0v) is 10.7. The van der Waals surface area contributed by atoms with Crippen LogP contribution in [0.15, 0.2) is 0 Å². The van der Waals surface area contributed by atoms with Gasteiger partial charge >= 0.3 is 6.09 Å². The molecule has 5 nitrogen and oxygen atoms in total. The zero-order valence-electron chi connectivity index (χ0n) is 10.7. The lowest BCUT2D eigenvalue weighted by atomic mass is 10.2. The second-order valence-corrected chi connectivity index (χ2v) is 4.79. The van der Waals surface area contributed by atoms with Crippen LogP contribution in [0.2, 0.25) is 0 Å². The Labute approximate surface area is 97.6 Å². The second-order valence-electron chi connectivity index (χ2n) is 4.79. The first kappa shape index (κ1) is 15.2. The van der Waals surface area contributed by atoms with Crippen LogP contribution in [0.3, 0.4) is 0 Å². The van der Waals surface area contributed by atoms with E-state index in [0.29, 0.717) is 19.5 Å². The summed E-state index contributed by atoms with van der Waals surface area (Å²) in [6.07, 6.45) is 0.240. The fourth-order valence-electron chi connectivity index (χ4n) is 1.12. The van der Waals surface area contributed by atoms with Crippen molar-refractivity contribution in [3.63, 3.8) is 0 Å². The van der Waals surface area contributed by atoms with Crippen LogP contribution in [0.25, 0.3) is 0 Å². The number of aliphatic hydroxyl groups excluding tert-OH is 1. The molecular formula is C11H24N2O3. The van der Waals surface area contributed by atoms with Gasteiger partial charge in [0, 0.05) is 19.1 Å². The smallest absolute Gasteiger partial charge is 0.410 e. The molecule has 0 aromatic carbocycles. The molecule has 16 heavy (non-hydrogen) atoms. The molecule has 1 atom stereocenters. The fraction of sp³-hybridized carbons (Fsp3) is 0.909. The third-order valence-corrected chi connectivity index (χ3v) is 2.04. The van der Waals surface area contributed by atoms with Crippen LogP contribution in [0.5, 0.6) is 0 Å². The Balaban J connectivity index is 4.12. The SMILES string of the molecule is CCN(CCC(N)CO)C(=O)OC(C)(C)C. The molecule has 96 valence electrons. The predicted octanol–water partition coefficient (Wildman–Crippen LogP) is 0.953. The second kappa shape index (κ2) is 6.70. The lowest BCUT2D eigenvalue weighted by Crippen LogP contribution is -2.39. The van der Waals surface area contributed by atoms with Crippen molar-refractivity contribution in [1.82, 2.24) is 4.90 Å². The Hall–Kier alpha value is -0.810. The van der Waals surface area contributed by atoms with E-state index in [2.05, 4.69) is 0 Å². The molecule has 0 aromatic heterocycles. The van der Waals surface area contributed by atoms with Gasteiger partial charge in [-0.1, -0.05) is 0 Å². The molecule has 0 radical (unpaired) electrons. The number of nitrogens with two attached hydrogens (primary N) is 1. The summed E-state index contributed by atoms with van der Waals surface area (Å²) in [5.41, 5.74) is 5.09. The van der Waals surface area contributed by atoms with Crippen molar-refractivity contribution in [2.75, 3.05) is 19.7 Å². The number of carbonyl (C=O) groups excluding carboxylic acids is 1. The monoisotopic (exact) mass is 232 g/mol. The summed E-state index contributed by atoms with van der Waals surface area (Å²) in [7, 11) is 0. The molecule has 0 spiro atoms. The summed E-state index contributed by atoms with van der Waals surface area (Å²) in [5, 5.41) is 8.79. The maximum atomic E-state index is 11.7. The number of carbonyl (C=O) groups is 1. The molecule has 0 heterocycles. The van der Waals surface area contributed by atoms with E-state index in [1.807, 2.05) is 27.7 Å². The quantitative estimate of drug-likeness (QED) is 0.740. The fourth-order valence-corrected chi connectivity index (χ4v) is 1.12. The van der Waals surface area contributed by atoms with Crippen LogP contribution >= 0.6 is 0 Å². The molecule has 0 saturated heterocycles. The van der Waals surface area contributed by atoms with Gasteiger partial charge in [0.2, 0.25) is 0 Å². The van der Waals surface area contributed by atoms with Crippen molar-refractivity contribution in [1.29, 1.82) is 0 Å². The lowest BCUT2D eigenvalue weighted by Gasteiger charge is -2.27. The highest BCUT2D eigenvalue weighted by Crippen LogP contribution is 2.10. The van der Waals surface area contributed by atoms with Crippen molar-refractivity contribution in [2.24, 2.45) is 5.73 Å². The third kappa shape index (κ3) is 6.63. The molecule has 1 unspecified atom stereocenters. The first-order valence-corrected chi connectivity index (χ1v) is 5.64. The number of hydrogen-bond donors (Lipinski definition) is 2. The van der Waals surface area contributed by atoms with Gasteiger partial charge in [-0.05, 0) is 34.1 Å². The highest BCUT2D eigenvalue weighted by Gasteiger charge is 2.21. The van der Waals surface area contributed by atoms with E-state index in [0.717, 1.165) is 0 Å². The Morgan fingerprint density at radius 1 is 1.50 bits per heavy atom. The molecule has 0 aliphatic heterocycles. The Morgan fingerprint density at radius 3 is 2.44 bits per heavy atom. The summed E-state index contributed by atoms with van der Waals surface area (Å²) in [5.74, 6) is 0. The van der Waals surface area contributed by atoms with Crippen molar-refractivity contribution >= 4 is 6.09 Å². The highest BCUT2D eigenvalue weighted by atomic mass is 16.6. The van der Waals surface area contributed by atoms with Crippen molar-refractivity contribution in [2.45, 2.75) is 45.8 Å². The molecule has 0 saturated carbocycles. The Bertz CT molecular complexity index is 214. The van der Waals surface area contributed by atoms with Crippen molar-refractivity contribution in [3.8, 4) is 0 Å². The van der Waals surface area contributed by atoms with E-state index in [1.54, 1.807) is 4.90 Å². The van der Waals surface area contributed by atoms with Gasteiger partial charge in [0.15, 0.2) is 0 Å². The van der Waals surface area contributed by atoms with Crippen LogP contribution in [0.4, 0.5) is 4.79 Å². The molecule has 0 aliphatic carbocycles. The minimum Gasteiger partial charge on any atom is -0.444 e. The lowest BCUT2D eigenvalue weighted by molar-refractivity contribution is 0.0252. The van der Waals surface area contributed by atoms with Crippen LogP contribution in [-0.4, -0.2) is 47.4 Å². The van der Waals surface area contributed by atoms with Crippen LogP contribution < -0.4 is 5.73 Å². The first-order chi connectivity index (χ1) is 7.30. The van der Waals surface area contributed by atoms with E-state index >= 15 is 0 Å². The van der Waals surface area contributed by atoms with Gasteiger partial charge in [-0.3, -0.25) is 0 Å². The molecule has 0 fully saturated rings. The third-order valence-electron chi connectivity index (χ3n) is 2.04. The molecule has 5 heteroatoms. The summed E-state index contributed by atoms with van der Waals surface area (Å²) in [6, 6.07) is -0.281. The molecular weight excluding hydrogens is 208 g/mol. The number of aliphatic hydroxyl groups is 1. The molecule has 0 bridgehead atoms. The van der Waals surface area contributed by atoms with Crippen molar-refractivity contribution in [3.05, 3.63) is 0 Å². The van der Waals surface area contributed by atoms with Gasteiger partial charge in [-0.15, -0.1) is 0 Å². The Kier molecular flexibility index (Phi) is 6.36. The van der Waals surface area contributed by atoms with E-state index in [1.165, 1.54) is 0 Å². The summed E-state index contributed by atoms with van der Waals surface area (Å²) in [4.78, 5) is 13.3. The molecule has 0 aliphatic rings. The van der Waals surface area contributed by atoms with E-state index in [9.17, 15) is 4.79 Å². The zero-order chi connectivity index (χ0) is 12.8. The van der Waals surface area contributed by atoms with Gasteiger partial charge in [0.05, 0.1) is 6.61 Å². The summed E-state index contributed by atoms with van der Waals surface area (Å²) < 4.78 is 5.24. The number of nitrogens with zero attached hydrogens (tertiary/aromatic N) is 1. The normalized spacial score (nSPS) is 13.4. The van der Waals surface area contributed by atoms with Crippen LogP contribution in [-0.2, 0) is 4.74 Å². The van der Waals surface area contributed by atoms with Crippen molar-refractivity contribution < 1.29 is 14.6 Å². The van der Waals surface area contributed by atoms with Gasteiger partial charge < -0.3 is 20.5 Å². The summed E-state index contributed by atoms with van der Waals surface area (Å²) >= 11 is 0. The number of hydrogen-bond acceptors (Lipinski definition) is 4. The van der Waals surface area contributed by atoms with Crippen LogP contribution in [0, 0.1) is 0 Å². The standard InChI is InChI=1S/C11H24N2O3/c1-5-13(7-6-9(12)8-14)10(15)16-11(2,3)4/h9,14H,5-8,12H2,1-4H3. The number of rotatable bonds is 5. The molecule has 1 amide bonds. The van der Waals surface area contributed by atoms with E-state index in [-0.39, 0.29) is 18.7 Å². The topological polar surface area (TPSA) is 75.8 Å². The average Bonchev–Trinajstić information content (AvgIpc) is 2.15. The molecule has 0 aromatic rings. The van der Waals surface area contributed by atoms with Gasteiger partial charge in [0.1, 0.15) is 5.60 Å². The van der Waals surface area contributed by atoms with Gasteiger partial charge in [0.25, 0.3) is 0 Å².